The number of carbonyl (C=O) groups is 2. The quantitative estimate of drug-likeness (QED) is 0.416. The highest BCUT2D eigenvalue weighted by molar-refractivity contribution is 5.98. The number of ether oxygens (including phenoxy) is 1. The summed E-state index contributed by atoms with van der Waals surface area (Å²) in [6.45, 7) is 0.320. The van der Waals surface area contributed by atoms with E-state index in [1.807, 2.05) is 53.4 Å². The first kappa shape index (κ1) is 22.5. The predicted molar refractivity (Wildman–Crippen MR) is 137 cm³/mol. The summed E-state index contributed by atoms with van der Waals surface area (Å²) < 4.78 is 5.95. The fourth-order valence-electron chi connectivity index (χ4n) is 6.47. The number of piperidine rings is 1. The van der Waals surface area contributed by atoms with Gasteiger partial charge in [0.15, 0.2) is 5.78 Å². The van der Waals surface area contributed by atoms with Gasteiger partial charge in [0, 0.05) is 29.5 Å². The zero-order valence-electron chi connectivity index (χ0n) is 20.1. The molecule has 3 aromatic carbocycles. The summed E-state index contributed by atoms with van der Waals surface area (Å²) >= 11 is 0. The van der Waals surface area contributed by atoms with Crippen LogP contribution in [0.25, 0.3) is 11.1 Å². The molecule has 0 saturated carbocycles. The van der Waals surface area contributed by atoms with Crippen molar-refractivity contribution in [2.24, 2.45) is 5.92 Å². The third-order valence-electron chi connectivity index (χ3n) is 8.17. The summed E-state index contributed by atoms with van der Waals surface area (Å²) in [4.78, 5) is 28.4. The van der Waals surface area contributed by atoms with Gasteiger partial charge in [0.25, 0.3) is 0 Å². The van der Waals surface area contributed by atoms with Gasteiger partial charge in [-0.3, -0.25) is 4.79 Å². The fourth-order valence-corrected chi connectivity index (χ4v) is 6.47. The van der Waals surface area contributed by atoms with Gasteiger partial charge >= 0.3 is 6.09 Å². The zero-order valence-corrected chi connectivity index (χ0v) is 20.1. The van der Waals surface area contributed by atoms with Gasteiger partial charge in [0.2, 0.25) is 0 Å². The Morgan fingerprint density at radius 1 is 0.861 bits per heavy atom. The van der Waals surface area contributed by atoms with E-state index in [9.17, 15) is 9.59 Å². The molecule has 36 heavy (non-hydrogen) atoms. The van der Waals surface area contributed by atoms with Gasteiger partial charge < -0.3 is 9.64 Å². The number of ketones is 1. The van der Waals surface area contributed by atoms with Crippen LogP contribution < -0.4 is 0 Å². The first-order valence-electron chi connectivity index (χ1n) is 12.8. The Labute approximate surface area is 211 Å². The van der Waals surface area contributed by atoms with Gasteiger partial charge in [-0.05, 0) is 53.5 Å². The number of benzene rings is 3. The largest absolute Gasteiger partial charge is 0.448 e. The predicted octanol–water partition coefficient (Wildman–Crippen LogP) is 6.13. The van der Waals surface area contributed by atoms with E-state index in [2.05, 4.69) is 30.3 Å². The molecule has 1 amide bonds. The number of amides is 1. The molecule has 2 saturated heterocycles. The molecule has 6 rings (SSSR count). The maximum absolute atomic E-state index is 13.3. The highest BCUT2D eigenvalue weighted by Crippen LogP contribution is 2.45. The van der Waals surface area contributed by atoms with Gasteiger partial charge in [-0.2, -0.15) is 5.26 Å². The van der Waals surface area contributed by atoms with Gasteiger partial charge in [-0.25, -0.2) is 4.79 Å². The van der Waals surface area contributed by atoms with Crippen molar-refractivity contribution in [3.8, 4) is 17.2 Å². The monoisotopic (exact) mass is 476 g/mol. The SMILES string of the molecule is N#CCc1ccc(C(=O)C2CC3CCC(C2)N3C(=O)OCC2c3ccccc3-c3ccccc32)cc1. The van der Waals surface area contributed by atoms with E-state index >= 15 is 0 Å². The molecule has 1 aliphatic carbocycles. The Kier molecular flexibility index (Phi) is 5.81. The summed E-state index contributed by atoms with van der Waals surface area (Å²) in [5.41, 5.74) is 6.46. The number of hydrogen-bond donors (Lipinski definition) is 0. The van der Waals surface area contributed by atoms with Gasteiger partial charge in [0.1, 0.15) is 6.61 Å². The van der Waals surface area contributed by atoms with Crippen LogP contribution in [0.3, 0.4) is 0 Å². The molecule has 0 aromatic heterocycles. The van der Waals surface area contributed by atoms with E-state index in [1.54, 1.807) is 0 Å². The lowest BCUT2D eigenvalue weighted by Crippen LogP contribution is -2.48. The van der Waals surface area contributed by atoms with Crippen LogP contribution >= 0.6 is 0 Å². The van der Waals surface area contributed by atoms with Gasteiger partial charge in [-0.1, -0.05) is 72.8 Å². The van der Waals surface area contributed by atoms with Crippen LogP contribution in [0.4, 0.5) is 4.79 Å². The van der Waals surface area contributed by atoms with E-state index in [4.69, 9.17) is 10.00 Å². The van der Waals surface area contributed by atoms with Crippen LogP contribution in [0, 0.1) is 17.2 Å². The van der Waals surface area contributed by atoms with Crippen molar-refractivity contribution in [3.63, 3.8) is 0 Å². The molecule has 2 unspecified atom stereocenters. The highest BCUT2D eigenvalue weighted by atomic mass is 16.6. The van der Waals surface area contributed by atoms with Crippen LogP contribution in [-0.2, 0) is 11.2 Å². The second-order valence-electron chi connectivity index (χ2n) is 10.2. The van der Waals surface area contributed by atoms with Crippen LogP contribution in [0.1, 0.15) is 58.6 Å². The van der Waals surface area contributed by atoms with E-state index in [-0.39, 0.29) is 35.8 Å². The van der Waals surface area contributed by atoms with Crippen molar-refractivity contribution in [1.29, 1.82) is 5.26 Å². The molecule has 0 spiro atoms. The summed E-state index contributed by atoms with van der Waals surface area (Å²) in [5.74, 6) is 0.103. The number of rotatable bonds is 5. The molecule has 3 aliphatic rings. The van der Waals surface area contributed by atoms with Crippen LogP contribution in [0.5, 0.6) is 0 Å². The smallest absolute Gasteiger partial charge is 0.410 e. The van der Waals surface area contributed by atoms with Gasteiger partial charge in [-0.15, -0.1) is 0 Å². The molecule has 2 heterocycles. The maximum atomic E-state index is 13.3. The van der Waals surface area contributed by atoms with E-state index < -0.39 is 0 Å². The van der Waals surface area contributed by atoms with Gasteiger partial charge in [0.05, 0.1) is 12.5 Å². The molecule has 2 aliphatic heterocycles. The molecule has 2 bridgehead atoms. The summed E-state index contributed by atoms with van der Waals surface area (Å²) in [5, 5.41) is 8.86. The Bertz CT molecular complexity index is 1300. The minimum absolute atomic E-state index is 0.0436. The number of nitriles is 1. The minimum atomic E-state index is -0.254. The summed E-state index contributed by atoms with van der Waals surface area (Å²) in [7, 11) is 0. The van der Waals surface area contributed by atoms with Crippen molar-refractivity contribution in [2.45, 2.75) is 50.1 Å². The van der Waals surface area contributed by atoms with Crippen molar-refractivity contribution >= 4 is 11.9 Å². The Morgan fingerprint density at radius 2 is 1.44 bits per heavy atom. The first-order valence-corrected chi connectivity index (χ1v) is 12.8. The molecule has 180 valence electrons. The molecular formula is C31H28N2O3. The standard InChI is InChI=1S/C31H28N2O3/c32-16-15-20-9-11-21(12-10-20)30(34)22-17-23-13-14-24(18-22)33(23)31(35)36-19-29-27-7-3-1-5-25(27)26-6-2-4-8-28(26)29/h1-12,22-24,29H,13-15,17-19H2. The summed E-state index contributed by atoms with van der Waals surface area (Å²) in [6, 6.07) is 26.3. The average Bonchev–Trinajstić information content (AvgIpc) is 3.38. The number of Topliss-reactive ketones (excluding diaryl/α,β-unsaturated/α-hetero) is 1. The Balaban J connectivity index is 1.12. The van der Waals surface area contributed by atoms with E-state index in [0.717, 1.165) is 18.4 Å². The Morgan fingerprint density at radius 3 is 2.03 bits per heavy atom. The molecule has 0 N–H and O–H groups in total. The maximum Gasteiger partial charge on any atom is 0.410 e. The molecule has 2 fully saturated rings. The zero-order chi connectivity index (χ0) is 24.6. The third-order valence-corrected chi connectivity index (χ3v) is 8.17. The third kappa shape index (κ3) is 3.87. The average molecular weight is 477 g/mol. The summed E-state index contributed by atoms with van der Waals surface area (Å²) in [6.07, 6.45) is 3.28. The number of fused-ring (bicyclic) bond motifs is 5. The van der Waals surface area contributed by atoms with Crippen molar-refractivity contribution in [2.75, 3.05) is 6.61 Å². The second kappa shape index (κ2) is 9.28. The Hall–Kier alpha value is -3.91. The molecule has 2 atom stereocenters. The van der Waals surface area contributed by atoms with Crippen LogP contribution in [0.2, 0.25) is 0 Å². The lowest BCUT2D eigenvalue weighted by Gasteiger charge is -2.37. The number of nitrogens with zero attached hydrogens (tertiary/aromatic N) is 2. The van der Waals surface area contributed by atoms with Crippen molar-refractivity contribution in [3.05, 3.63) is 95.1 Å². The second-order valence-corrected chi connectivity index (χ2v) is 10.2. The van der Waals surface area contributed by atoms with Crippen molar-refractivity contribution < 1.29 is 14.3 Å². The molecule has 3 aromatic rings. The van der Waals surface area contributed by atoms with Crippen molar-refractivity contribution in [1.82, 2.24) is 4.90 Å². The van der Waals surface area contributed by atoms with Crippen LogP contribution in [-0.4, -0.2) is 35.5 Å². The molecule has 5 heteroatoms. The lowest BCUT2D eigenvalue weighted by molar-refractivity contribution is 0.0506. The first-order chi connectivity index (χ1) is 17.6. The molecular weight excluding hydrogens is 448 g/mol. The topological polar surface area (TPSA) is 70.4 Å². The molecule has 5 nitrogen and oxygen atoms in total. The number of carbonyl (C=O) groups excluding carboxylic acids is 2. The highest BCUT2D eigenvalue weighted by Gasteiger charge is 2.46. The number of hydrogen-bond acceptors (Lipinski definition) is 4. The molecule has 0 radical (unpaired) electrons. The van der Waals surface area contributed by atoms with E-state index in [0.29, 0.717) is 31.4 Å². The lowest BCUT2D eigenvalue weighted by atomic mass is 9.84. The van der Waals surface area contributed by atoms with Crippen LogP contribution in [0.15, 0.2) is 72.8 Å². The fraction of sp³-hybridized carbons (Fsp3) is 0.323. The minimum Gasteiger partial charge on any atom is -0.448 e. The van der Waals surface area contributed by atoms with E-state index in [1.165, 1.54) is 22.3 Å². The normalized spacial score (nSPS) is 22.0.